The van der Waals surface area contributed by atoms with Crippen LogP contribution in [0.1, 0.15) is 43.2 Å². The molecule has 3 aromatic heterocycles. The number of methoxy groups -OCH3 is 1. The van der Waals surface area contributed by atoms with Crippen molar-refractivity contribution in [1.29, 1.82) is 0 Å². The van der Waals surface area contributed by atoms with Crippen molar-refractivity contribution in [2.45, 2.75) is 45.1 Å². The molecular weight excluding hydrogens is 440 g/mol. The van der Waals surface area contributed by atoms with Crippen molar-refractivity contribution in [3.05, 3.63) is 47.2 Å². The Balaban J connectivity index is 1.53. The molecule has 0 spiro atoms. The SMILES string of the molecule is COc1ccnc(Nc2cc(C)cc(-c3cnc(C(C)(O)[C@H]4CC[C@H](C(=O)O)CC4)s3)n2)c1. The third-order valence-corrected chi connectivity index (χ3v) is 7.50. The van der Waals surface area contributed by atoms with Crippen molar-refractivity contribution < 1.29 is 19.7 Å². The summed E-state index contributed by atoms with van der Waals surface area (Å²) in [6, 6.07) is 7.49. The predicted octanol–water partition coefficient (Wildman–Crippen LogP) is 4.76. The van der Waals surface area contributed by atoms with Crippen LogP contribution >= 0.6 is 11.3 Å². The number of aryl methyl sites for hydroxylation is 1. The van der Waals surface area contributed by atoms with Crippen LogP contribution in [-0.2, 0) is 10.4 Å². The number of rotatable bonds is 7. The number of aliphatic hydroxyl groups is 1. The van der Waals surface area contributed by atoms with Crippen molar-refractivity contribution in [3.63, 3.8) is 0 Å². The smallest absolute Gasteiger partial charge is 0.306 e. The van der Waals surface area contributed by atoms with Gasteiger partial charge in [-0.3, -0.25) is 4.79 Å². The normalized spacial score (nSPS) is 20.1. The number of carboxylic acid groups (broad SMARTS) is 1. The van der Waals surface area contributed by atoms with Crippen LogP contribution in [0.25, 0.3) is 10.6 Å². The number of carboxylic acids is 1. The molecule has 3 aromatic rings. The summed E-state index contributed by atoms with van der Waals surface area (Å²) in [4.78, 5) is 25.7. The molecule has 33 heavy (non-hydrogen) atoms. The Morgan fingerprint density at radius 1 is 1.18 bits per heavy atom. The number of hydrogen-bond donors (Lipinski definition) is 3. The highest BCUT2D eigenvalue weighted by molar-refractivity contribution is 7.15. The van der Waals surface area contributed by atoms with Gasteiger partial charge in [0.05, 0.1) is 23.6 Å². The van der Waals surface area contributed by atoms with Crippen LogP contribution in [-0.4, -0.2) is 38.2 Å². The van der Waals surface area contributed by atoms with Gasteiger partial charge < -0.3 is 20.3 Å². The highest BCUT2D eigenvalue weighted by Gasteiger charge is 2.40. The lowest BCUT2D eigenvalue weighted by Gasteiger charge is -2.35. The number of aromatic nitrogens is 3. The summed E-state index contributed by atoms with van der Waals surface area (Å²) in [7, 11) is 1.61. The molecule has 9 heteroatoms. The van der Waals surface area contributed by atoms with Crippen LogP contribution in [0.3, 0.4) is 0 Å². The Kier molecular flexibility index (Phi) is 6.62. The number of carbonyl (C=O) groups is 1. The van der Waals surface area contributed by atoms with Gasteiger partial charge in [0.1, 0.15) is 28.0 Å². The van der Waals surface area contributed by atoms with E-state index in [4.69, 9.17) is 9.72 Å². The summed E-state index contributed by atoms with van der Waals surface area (Å²) in [5.74, 6) is 0.901. The summed E-state index contributed by atoms with van der Waals surface area (Å²) >= 11 is 1.42. The van der Waals surface area contributed by atoms with Gasteiger partial charge in [-0.1, -0.05) is 0 Å². The second kappa shape index (κ2) is 9.44. The van der Waals surface area contributed by atoms with Crippen molar-refractivity contribution in [2.24, 2.45) is 11.8 Å². The van der Waals surface area contributed by atoms with Gasteiger partial charge >= 0.3 is 5.97 Å². The van der Waals surface area contributed by atoms with Gasteiger partial charge in [-0.05, 0) is 69.2 Å². The minimum atomic E-state index is -1.11. The standard InChI is InChI=1S/C24H28N4O4S/c1-14-10-18(27-21(11-14)28-20-12-17(32-3)8-9-25-20)19-13-26-23(33-19)24(2,31)16-6-4-15(5-7-16)22(29)30/h8-13,15-16,31H,4-7H2,1-3H3,(H,29,30)(H,25,27,28)/t15-,16-,24?. The van der Waals surface area contributed by atoms with Gasteiger partial charge in [0, 0.05) is 18.5 Å². The van der Waals surface area contributed by atoms with Crippen molar-refractivity contribution in [2.75, 3.05) is 12.4 Å². The summed E-state index contributed by atoms with van der Waals surface area (Å²) in [6.07, 6.45) is 5.92. The van der Waals surface area contributed by atoms with Crippen LogP contribution in [0.2, 0.25) is 0 Å². The summed E-state index contributed by atoms with van der Waals surface area (Å²) in [5.41, 5.74) is 0.676. The first-order chi connectivity index (χ1) is 15.8. The molecule has 1 atom stereocenters. The minimum Gasteiger partial charge on any atom is -0.497 e. The largest absolute Gasteiger partial charge is 0.497 e. The van der Waals surface area contributed by atoms with Gasteiger partial charge in [0.25, 0.3) is 0 Å². The Labute approximate surface area is 196 Å². The maximum Gasteiger partial charge on any atom is 0.306 e. The monoisotopic (exact) mass is 468 g/mol. The molecule has 1 saturated carbocycles. The van der Waals surface area contributed by atoms with Gasteiger partial charge in [-0.15, -0.1) is 11.3 Å². The topological polar surface area (TPSA) is 117 Å². The molecule has 1 fully saturated rings. The molecule has 174 valence electrons. The molecule has 0 aliphatic heterocycles. The molecule has 0 bridgehead atoms. The minimum absolute atomic E-state index is 0.0195. The fourth-order valence-corrected chi connectivity index (χ4v) is 5.30. The van der Waals surface area contributed by atoms with Gasteiger partial charge in [0.2, 0.25) is 0 Å². The van der Waals surface area contributed by atoms with Crippen molar-refractivity contribution >= 4 is 28.9 Å². The van der Waals surface area contributed by atoms with Crippen LogP contribution in [0.5, 0.6) is 5.75 Å². The number of thiazole rings is 1. The zero-order valence-corrected chi connectivity index (χ0v) is 19.7. The Hall–Kier alpha value is -3.04. The third-order valence-electron chi connectivity index (χ3n) is 6.26. The molecule has 8 nitrogen and oxygen atoms in total. The van der Waals surface area contributed by atoms with E-state index in [1.54, 1.807) is 38.6 Å². The van der Waals surface area contributed by atoms with E-state index in [1.807, 2.05) is 19.1 Å². The van der Waals surface area contributed by atoms with Crippen LogP contribution in [0.15, 0.2) is 36.7 Å². The van der Waals surface area contributed by atoms with E-state index >= 15 is 0 Å². The average molecular weight is 469 g/mol. The number of nitrogens with zero attached hydrogens (tertiary/aromatic N) is 3. The molecule has 1 aliphatic rings. The fraction of sp³-hybridized carbons (Fsp3) is 0.417. The molecule has 0 saturated heterocycles. The molecule has 4 rings (SSSR count). The summed E-state index contributed by atoms with van der Waals surface area (Å²) < 4.78 is 5.25. The van der Waals surface area contributed by atoms with E-state index < -0.39 is 11.6 Å². The van der Waals surface area contributed by atoms with Crippen molar-refractivity contribution in [1.82, 2.24) is 15.0 Å². The second-order valence-electron chi connectivity index (χ2n) is 8.68. The third kappa shape index (κ3) is 5.15. The van der Waals surface area contributed by atoms with E-state index in [0.717, 1.165) is 16.1 Å². The first kappa shape index (κ1) is 23.1. The highest BCUT2D eigenvalue weighted by Crippen LogP contribution is 2.43. The molecular formula is C24H28N4O4S. The van der Waals surface area contributed by atoms with E-state index in [-0.39, 0.29) is 11.8 Å². The first-order valence-electron chi connectivity index (χ1n) is 10.9. The number of anilines is 2. The fourth-order valence-electron chi connectivity index (χ4n) is 4.30. The van der Waals surface area contributed by atoms with E-state index in [0.29, 0.717) is 48.1 Å². The first-order valence-corrected chi connectivity index (χ1v) is 11.8. The lowest BCUT2D eigenvalue weighted by molar-refractivity contribution is -0.144. The van der Waals surface area contributed by atoms with Gasteiger partial charge in [-0.2, -0.15) is 0 Å². The van der Waals surface area contributed by atoms with Gasteiger partial charge in [-0.25, -0.2) is 15.0 Å². The number of ether oxygens (including phenoxy) is 1. The lowest BCUT2D eigenvalue weighted by Crippen LogP contribution is -2.35. The molecule has 1 unspecified atom stereocenters. The number of pyridine rings is 2. The zero-order valence-electron chi connectivity index (χ0n) is 18.9. The lowest BCUT2D eigenvalue weighted by atomic mass is 9.74. The predicted molar refractivity (Wildman–Crippen MR) is 127 cm³/mol. The Morgan fingerprint density at radius 2 is 1.94 bits per heavy atom. The quantitative estimate of drug-likeness (QED) is 0.454. The summed E-state index contributed by atoms with van der Waals surface area (Å²) in [5, 5.41) is 24.4. The maximum atomic E-state index is 11.3. The van der Waals surface area contributed by atoms with E-state index in [9.17, 15) is 15.0 Å². The number of nitrogens with one attached hydrogen (secondary N) is 1. The number of aliphatic carboxylic acids is 1. The molecule has 3 heterocycles. The molecule has 0 aromatic carbocycles. The van der Waals surface area contributed by atoms with Gasteiger partial charge in [0.15, 0.2) is 0 Å². The Bertz CT molecular complexity index is 1140. The van der Waals surface area contributed by atoms with Crippen LogP contribution < -0.4 is 10.1 Å². The van der Waals surface area contributed by atoms with Crippen molar-refractivity contribution in [3.8, 4) is 16.3 Å². The van der Waals surface area contributed by atoms with E-state index in [2.05, 4.69) is 15.3 Å². The Morgan fingerprint density at radius 3 is 2.64 bits per heavy atom. The summed E-state index contributed by atoms with van der Waals surface area (Å²) in [6.45, 7) is 3.78. The van der Waals surface area contributed by atoms with Crippen LogP contribution in [0, 0.1) is 18.8 Å². The molecule has 0 radical (unpaired) electrons. The highest BCUT2D eigenvalue weighted by atomic mass is 32.1. The maximum absolute atomic E-state index is 11.3. The molecule has 3 N–H and O–H groups in total. The zero-order chi connectivity index (χ0) is 23.6. The number of hydrogen-bond acceptors (Lipinski definition) is 8. The molecule has 1 aliphatic carbocycles. The van der Waals surface area contributed by atoms with Crippen LogP contribution in [0.4, 0.5) is 11.6 Å². The average Bonchev–Trinajstić information content (AvgIpc) is 3.30. The van der Waals surface area contributed by atoms with E-state index in [1.165, 1.54) is 11.3 Å². The second-order valence-corrected chi connectivity index (χ2v) is 9.72. The molecule has 0 amide bonds.